The van der Waals surface area contributed by atoms with Crippen LogP contribution in [0.1, 0.15) is 30.3 Å². The molecule has 0 unspecified atom stereocenters. The average molecular weight is 335 g/mol. The zero-order valence-electron chi connectivity index (χ0n) is 12.1. The third kappa shape index (κ3) is 3.61. The Labute approximate surface area is 128 Å². The van der Waals surface area contributed by atoms with Crippen molar-refractivity contribution in [1.82, 2.24) is 20.3 Å². The van der Waals surface area contributed by atoms with E-state index in [0.29, 0.717) is 0 Å². The molecular weight excluding hydrogens is 316 g/mol. The van der Waals surface area contributed by atoms with Crippen molar-refractivity contribution in [1.29, 1.82) is 0 Å². The number of rotatable bonds is 5. The average Bonchev–Trinajstić information content (AvgIpc) is 2.41. The lowest BCUT2D eigenvalue weighted by atomic mass is 10.1. The second-order valence-electron chi connectivity index (χ2n) is 4.77. The first-order valence-corrected chi connectivity index (χ1v) is 7.57. The second-order valence-corrected chi connectivity index (χ2v) is 5.68. The van der Waals surface area contributed by atoms with Crippen LogP contribution in [0.4, 0.5) is 0 Å². The highest BCUT2D eigenvalue weighted by Gasteiger charge is 2.10. The highest BCUT2D eigenvalue weighted by atomic mass is 79.9. The topological polar surface area (TPSA) is 50.7 Å². The number of hydrogen-bond acceptors (Lipinski definition) is 4. The highest BCUT2D eigenvalue weighted by molar-refractivity contribution is 9.10. The second kappa shape index (κ2) is 6.90. The molecule has 20 heavy (non-hydrogen) atoms. The fourth-order valence-electron chi connectivity index (χ4n) is 2.05. The molecule has 2 rings (SSSR count). The van der Waals surface area contributed by atoms with Gasteiger partial charge in [0.25, 0.3) is 0 Å². The van der Waals surface area contributed by atoms with Crippen LogP contribution in [0.5, 0.6) is 0 Å². The van der Waals surface area contributed by atoms with Crippen molar-refractivity contribution in [2.45, 2.75) is 33.7 Å². The summed E-state index contributed by atoms with van der Waals surface area (Å²) in [6.07, 6.45) is 4.67. The van der Waals surface area contributed by atoms with Gasteiger partial charge in [-0.25, -0.2) is 9.97 Å². The van der Waals surface area contributed by atoms with Crippen LogP contribution in [0.15, 0.2) is 22.9 Å². The Morgan fingerprint density at radius 1 is 1.15 bits per heavy atom. The smallest absolute Gasteiger partial charge is 0.161 e. The van der Waals surface area contributed by atoms with Crippen LogP contribution in [-0.4, -0.2) is 21.5 Å². The lowest BCUT2D eigenvalue weighted by Crippen LogP contribution is -2.17. The number of pyridine rings is 1. The maximum atomic E-state index is 4.61. The number of halogens is 1. The summed E-state index contributed by atoms with van der Waals surface area (Å²) in [4.78, 5) is 13.4. The van der Waals surface area contributed by atoms with Crippen molar-refractivity contribution in [2.75, 3.05) is 6.54 Å². The molecule has 0 saturated carbocycles. The molecule has 0 spiro atoms. The molecule has 2 aromatic rings. The molecule has 1 N–H and O–H groups in total. The molecular formula is C15H19BrN4. The van der Waals surface area contributed by atoms with E-state index in [1.807, 2.05) is 19.9 Å². The van der Waals surface area contributed by atoms with Crippen molar-refractivity contribution in [3.8, 4) is 11.4 Å². The maximum Gasteiger partial charge on any atom is 0.161 e. The van der Waals surface area contributed by atoms with E-state index in [0.717, 1.165) is 46.8 Å². The van der Waals surface area contributed by atoms with Gasteiger partial charge in [0.1, 0.15) is 0 Å². The maximum absolute atomic E-state index is 4.61. The summed E-state index contributed by atoms with van der Waals surface area (Å²) in [5.74, 6) is 0.730. The molecule has 2 aromatic heterocycles. The molecule has 0 atom stereocenters. The van der Waals surface area contributed by atoms with Gasteiger partial charge in [0.15, 0.2) is 5.82 Å². The lowest BCUT2D eigenvalue weighted by molar-refractivity contribution is 0.665. The Morgan fingerprint density at radius 2 is 1.85 bits per heavy atom. The van der Waals surface area contributed by atoms with Crippen LogP contribution < -0.4 is 5.32 Å². The predicted molar refractivity (Wildman–Crippen MR) is 84.4 cm³/mol. The monoisotopic (exact) mass is 334 g/mol. The third-order valence-corrected chi connectivity index (χ3v) is 3.55. The normalized spacial score (nSPS) is 10.8. The SMILES string of the molecule is CCCNCc1c(C)nc(-c2cncc(Br)c2)nc1C. The summed E-state index contributed by atoms with van der Waals surface area (Å²) in [5, 5.41) is 3.40. The van der Waals surface area contributed by atoms with Crippen molar-refractivity contribution >= 4 is 15.9 Å². The van der Waals surface area contributed by atoms with Gasteiger partial charge < -0.3 is 5.32 Å². The molecule has 106 valence electrons. The van der Waals surface area contributed by atoms with Gasteiger partial charge in [-0.1, -0.05) is 6.92 Å². The molecule has 0 radical (unpaired) electrons. The van der Waals surface area contributed by atoms with Crippen LogP contribution in [0, 0.1) is 13.8 Å². The van der Waals surface area contributed by atoms with Crippen LogP contribution >= 0.6 is 15.9 Å². The van der Waals surface area contributed by atoms with Gasteiger partial charge in [-0.3, -0.25) is 4.98 Å². The Bertz CT molecular complexity index is 575. The van der Waals surface area contributed by atoms with E-state index in [4.69, 9.17) is 0 Å². The quantitative estimate of drug-likeness (QED) is 0.851. The molecule has 5 heteroatoms. The van der Waals surface area contributed by atoms with Gasteiger partial charge >= 0.3 is 0 Å². The molecule has 0 aliphatic rings. The lowest BCUT2D eigenvalue weighted by Gasteiger charge is -2.11. The van der Waals surface area contributed by atoms with Gasteiger partial charge in [0.05, 0.1) is 0 Å². The van der Waals surface area contributed by atoms with Gasteiger partial charge in [-0.05, 0) is 48.8 Å². The third-order valence-electron chi connectivity index (χ3n) is 3.11. The van der Waals surface area contributed by atoms with E-state index >= 15 is 0 Å². The fraction of sp³-hybridized carbons (Fsp3) is 0.400. The van der Waals surface area contributed by atoms with E-state index < -0.39 is 0 Å². The first-order valence-electron chi connectivity index (χ1n) is 6.77. The van der Waals surface area contributed by atoms with E-state index in [-0.39, 0.29) is 0 Å². The van der Waals surface area contributed by atoms with Gasteiger partial charge in [0.2, 0.25) is 0 Å². The molecule has 0 saturated heterocycles. The summed E-state index contributed by atoms with van der Waals surface area (Å²) in [6, 6.07) is 1.98. The van der Waals surface area contributed by atoms with Crippen LogP contribution in [0.25, 0.3) is 11.4 Å². The number of aryl methyl sites for hydroxylation is 2. The van der Waals surface area contributed by atoms with Crippen LogP contribution in [0.3, 0.4) is 0 Å². The van der Waals surface area contributed by atoms with Crippen molar-refractivity contribution in [3.63, 3.8) is 0 Å². The van der Waals surface area contributed by atoms with Gasteiger partial charge in [0, 0.05) is 45.9 Å². The highest BCUT2D eigenvalue weighted by Crippen LogP contribution is 2.21. The summed E-state index contributed by atoms with van der Waals surface area (Å²) in [6.45, 7) is 8.06. The van der Waals surface area contributed by atoms with Crippen LogP contribution in [-0.2, 0) is 6.54 Å². The van der Waals surface area contributed by atoms with E-state index in [2.05, 4.69) is 43.1 Å². The van der Waals surface area contributed by atoms with Crippen molar-refractivity contribution in [3.05, 3.63) is 39.9 Å². The molecule has 0 bridgehead atoms. The van der Waals surface area contributed by atoms with Crippen LogP contribution in [0.2, 0.25) is 0 Å². The summed E-state index contributed by atoms with van der Waals surface area (Å²) in [5.41, 5.74) is 4.16. The minimum Gasteiger partial charge on any atom is -0.313 e. The summed E-state index contributed by atoms with van der Waals surface area (Å²) >= 11 is 3.42. The first kappa shape index (κ1) is 15.1. The largest absolute Gasteiger partial charge is 0.313 e. The molecule has 0 amide bonds. The molecule has 0 aromatic carbocycles. The molecule has 2 heterocycles. The minimum absolute atomic E-state index is 0.730. The van der Waals surface area contributed by atoms with E-state index in [9.17, 15) is 0 Å². The molecule has 4 nitrogen and oxygen atoms in total. The number of aromatic nitrogens is 3. The van der Waals surface area contributed by atoms with Crippen molar-refractivity contribution < 1.29 is 0 Å². The Balaban J connectivity index is 2.30. The van der Waals surface area contributed by atoms with E-state index in [1.54, 1.807) is 12.4 Å². The standard InChI is InChI=1S/C15H19BrN4/c1-4-5-17-9-14-10(2)19-15(20-11(14)3)12-6-13(16)8-18-7-12/h6-8,17H,4-5,9H2,1-3H3. The minimum atomic E-state index is 0.730. The number of nitrogens with one attached hydrogen (secondary N) is 1. The van der Waals surface area contributed by atoms with Gasteiger partial charge in [-0.15, -0.1) is 0 Å². The molecule has 0 aliphatic heterocycles. The van der Waals surface area contributed by atoms with Gasteiger partial charge in [-0.2, -0.15) is 0 Å². The Kier molecular flexibility index (Phi) is 5.20. The zero-order valence-corrected chi connectivity index (χ0v) is 13.7. The predicted octanol–water partition coefficient (Wildman–Crippen LogP) is 3.42. The Morgan fingerprint density at radius 3 is 2.45 bits per heavy atom. The molecule has 0 aliphatic carbocycles. The first-order chi connectivity index (χ1) is 9.61. The van der Waals surface area contributed by atoms with Crippen molar-refractivity contribution in [2.24, 2.45) is 0 Å². The number of nitrogens with zero attached hydrogens (tertiary/aromatic N) is 3. The Hall–Kier alpha value is -1.33. The fourth-order valence-corrected chi connectivity index (χ4v) is 2.41. The molecule has 0 fully saturated rings. The number of hydrogen-bond donors (Lipinski definition) is 1. The summed E-state index contributed by atoms with van der Waals surface area (Å²) in [7, 11) is 0. The zero-order chi connectivity index (χ0) is 14.5. The summed E-state index contributed by atoms with van der Waals surface area (Å²) < 4.78 is 0.933. The van der Waals surface area contributed by atoms with E-state index in [1.165, 1.54) is 5.56 Å².